The average molecular weight is 520 g/mol. The van der Waals surface area contributed by atoms with E-state index in [2.05, 4.69) is 45.0 Å². The van der Waals surface area contributed by atoms with E-state index < -0.39 is 0 Å². The molecule has 194 valence electrons. The second-order valence-corrected chi connectivity index (χ2v) is 10.5. The number of rotatable bonds is 7. The molecule has 1 saturated carbocycles. The Morgan fingerprint density at radius 2 is 1.89 bits per heavy atom. The molecule has 3 aromatic rings. The van der Waals surface area contributed by atoms with Crippen molar-refractivity contribution in [3.8, 4) is 0 Å². The number of benzene rings is 1. The number of carbonyl (C=O) groups is 1. The Bertz CT molecular complexity index is 1250. The lowest BCUT2D eigenvalue weighted by Gasteiger charge is -2.29. The number of hydrogen-bond acceptors (Lipinski definition) is 3. The van der Waals surface area contributed by atoms with Gasteiger partial charge >= 0.3 is 0 Å². The molecule has 5 rings (SSSR count). The lowest BCUT2D eigenvalue weighted by atomic mass is 9.94. The van der Waals surface area contributed by atoms with Gasteiger partial charge in [0.1, 0.15) is 5.82 Å². The highest BCUT2D eigenvalue weighted by Gasteiger charge is 2.41. The van der Waals surface area contributed by atoms with Crippen molar-refractivity contribution in [2.45, 2.75) is 70.5 Å². The van der Waals surface area contributed by atoms with Gasteiger partial charge in [-0.25, -0.2) is 4.39 Å². The van der Waals surface area contributed by atoms with Crippen molar-refractivity contribution in [2.24, 2.45) is 0 Å². The Morgan fingerprint density at radius 3 is 2.59 bits per heavy atom. The molecular weight excluding hydrogens is 485 g/mol. The van der Waals surface area contributed by atoms with Crippen LogP contribution in [0.5, 0.6) is 0 Å². The zero-order valence-electron chi connectivity index (χ0n) is 21.4. The summed E-state index contributed by atoms with van der Waals surface area (Å²) in [5.74, 6) is -0.470. The Kier molecular flexibility index (Phi) is 7.55. The van der Waals surface area contributed by atoms with Gasteiger partial charge in [0.05, 0.1) is 17.8 Å². The molecule has 0 bridgehead atoms. The molecule has 1 aromatic carbocycles. The van der Waals surface area contributed by atoms with Crippen molar-refractivity contribution >= 4 is 28.9 Å². The summed E-state index contributed by atoms with van der Waals surface area (Å²) in [5.41, 5.74) is 5.27. The van der Waals surface area contributed by atoms with E-state index in [0.29, 0.717) is 23.4 Å². The number of amides is 1. The Labute approximate surface area is 223 Å². The molecule has 8 heteroatoms. The monoisotopic (exact) mass is 519 g/mol. The van der Waals surface area contributed by atoms with Crippen LogP contribution in [0.15, 0.2) is 54.7 Å². The van der Waals surface area contributed by atoms with E-state index in [1.165, 1.54) is 61.2 Å². The fourth-order valence-corrected chi connectivity index (χ4v) is 6.30. The first-order valence-corrected chi connectivity index (χ1v) is 13.5. The number of halogens is 1. The first-order chi connectivity index (χ1) is 17.9. The van der Waals surface area contributed by atoms with Crippen molar-refractivity contribution in [2.75, 3.05) is 11.9 Å². The van der Waals surface area contributed by atoms with Gasteiger partial charge in [0, 0.05) is 42.3 Å². The third kappa shape index (κ3) is 5.39. The maximum atomic E-state index is 13.2. The zero-order valence-corrected chi connectivity index (χ0v) is 22.2. The van der Waals surface area contributed by atoms with Gasteiger partial charge in [-0.3, -0.25) is 9.78 Å². The van der Waals surface area contributed by atoms with Crippen LogP contribution >= 0.6 is 12.2 Å². The fraction of sp³-hybridized carbons (Fsp3) is 0.414. The van der Waals surface area contributed by atoms with E-state index in [1.54, 1.807) is 18.3 Å². The highest BCUT2D eigenvalue weighted by molar-refractivity contribution is 7.80. The van der Waals surface area contributed by atoms with E-state index in [0.717, 1.165) is 5.69 Å². The molecule has 3 heterocycles. The van der Waals surface area contributed by atoms with Crippen LogP contribution < -0.4 is 10.6 Å². The van der Waals surface area contributed by atoms with Crippen LogP contribution in [0, 0.1) is 19.7 Å². The molecule has 0 unspecified atom stereocenters. The molecule has 1 saturated heterocycles. The summed E-state index contributed by atoms with van der Waals surface area (Å²) >= 11 is 5.81. The minimum absolute atomic E-state index is 0.0791. The van der Waals surface area contributed by atoms with Crippen molar-refractivity contribution in [3.63, 3.8) is 0 Å². The van der Waals surface area contributed by atoms with Crippen LogP contribution in [0.3, 0.4) is 0 Å². The van der Waals surface area contributed by atoms with Gasteiger partial charge in [0.25, 0.3) is 0 Å². The van der Waals surface area contributed by atoms with E-state index >= 15 is 0 Å². The Morgan fingerprint density at radius 1 is 1.14 bits per heavy atom. The molecule has 0 spiro atoms. The second kappa shape index (κ2) is 11.0. The van der Waals surface area contributed by atoms with Crippen LogP contribution in [0.1, 0.15) is 79.3 Å². The highest BCUT2D eigenvalue weighted by Crippen LogP contribution is 2.42. The normalized spacial score (nSPS) is 20.2. The van der Waals surface area contributed by atoms with Crippen LogP contribution in [-0.4, -0.2) is 32.0 Å². The third-order valence-corrected chi connectivity index (χ3v) is 8.04. The summed E-state index contributed by atoms with van der Waals surface area (Å²) in [5, 5.41) is 6.98. The van der Waals surface area contributed by atoms with Crippen molar-refractivity contribution in [1.29, 1.82) is 0 Å². The molecule has 1 aliphatic carbocycles. The van der Waals surface area contributed by atoms with Gasteiger partial charge in [-0.05, 0) is 86.9 Å². The molecular formula is C29H34FN5OS. The standard InChI is InChI=1S/C29H34FN5OS/c1-19-18-24(20(2)35(19)23-8-4-3-5-9-23)28-27(25-10-6-7-16-31-25)33-29(37)34(28)17-15-26(36)32-22-13-11-21(30)12-14-22/h6-7,10-14,16,18,23,27-28H,3-5,8-9,15,17H2,1-2H3,(H,32,36)(H,33,37)/t27-,28-/m1/s1. The number of aromatic nitrogens is 2. The summed E-state index contributed by atoms with van der Waals surface area (Å²) in [6.07, 6.45) is 8.37. The molecule has 2 aliphatic rings. The molecule has 2 N–H and O–H groups in total. The predicted molar refractivity (Wildman–Crippen MR) is 148 cm³/mol. The Hall–Kier alpha value is -3.26. The van der Waals surface area contributed by atoms with Gasteiger partial charge in [0.15, 0.2) is 5.11 Å². The van der Waals surface area contributed by atoms with Crippen molar-refractivity contribution in [1.82, 2.24) is 19.8 Å². The number of aryl methyl sites for hydroxylation is 1. The van der Waals surface area contributed by atoms with E-state index in [9.17, 15) is 9.18 Å². The fourth-order valence-electron chi connectivity index (χ4n) is 5.97. The van der Waals surface area contributed by atoms with E-state index in [-0.39, 0.29) is 30.2 Å². The third-order valence-electron chi connectivity index (χ3n) is 7.69. The van der Waals surface area contributed by atoms with Gasteiger partial charge in [-0.1, -0.05) is 25.3 Å². The average Bonchev–Trinajstić information content (AvgIpc) is 3.39. The summed E-state index contributed by atoms with van der Waals surface area (Å²) in [7, 11) is 0. The van der Waals surface area contributed by atoms with E-state index in [4.69, 9.17) is 12.2 Å². The van der Waals surface area contributed by atoms with Gasteiger partial charge in [-0.2, -0.15) is 0 Å². The summed E-state index contributed by atoms with van der Waals surface area (Å²) < 4.78 is 15.8. The molecule has 2 aromatic heterocycles. The van der Waals surface area contributed by atoms with Crippen LogP contribution in [0.25, 0.3) is 0 Å². The molecule has 6 nitrogen and oxygen atoms in total. The van der Waals surface area contributed by atoms with Gasteiger partial charge in [-0.15, -0.1) is 0 Å². The molecule has 1 aliphatic heterocycles. The highest BCUT2D eigenvalue weighted by atomic mass is 32.1. The molecule has 0 radical (unpaired) electrons. The minimum Gasteiger partial charge on any atom is -0.352 e. The SMILES string of the molecule is Cc1cc([C@@H]2[C@@H](c3ccccn3)NC(=S)N2CCC(=O)Nc2ccc(F)cc2)c(C)n1C1CCCCC1. The maximum absolute atomic E-state index is 13.2. The number of hydrogen-bond donors (Lipinski definition) is 2. The minimum atomic E-state index is -0.333. The summed E-state index contributed by atoms with van der Waals surface area (Å²) in [4.78, 5) is 19.6. The number of carbonyl (C=O) groups excluding carboxylic acids is 1. The topological polar surface area (TPSA) is 62.2 Å². The number of nitrogens with zero attached hydrogens (tertiary/aromatic N) is 3. The summed E-state index contributed by atoms with van der Waals surface area (Å²) in [6, 6.07) is 14.4. The molecule has 1 amide bonds. The predicted octanol–water partition coefficient (Wildman–Crippen LogP) is 6.15. The van der Waals surface area contributed by atoms with Crippen molar-refractivity contribution in [3.05, 3.63) is 83.2 Å². The first kappa shape index (κ1) is 25.4. The van der Waals surface area contributed by atoms with Crippen molar-refractivity contribution < 1.29 is 9.18 Å². The Balaban J connectivity index is 1.42. The van der Waals surface area contributed by atoms with Gasteiger partial charge in [0.2, 0.25) is 5.91 Å². The number of thiocarbonyl (C=S) groups is 1. The quantitative estimate of drug-likeness (QED) is 0.367. The lowest BCUT2D eigenvalue weighted by Crippen LogP contribution is -2.33. The van der Waals surface area contributed by atoms with Crippen LogP contribution in [0.4, 0.5) is 10.1 Å². The summed E-state index contributed by atoms with van der Waals surface area (Å²) in [6.45, 7) is 4.87. The van der Waals surface area contributed by atoms with E-state index in [1.807, 2.05) is 18.2 Å². The maximum Gasteiger partial charge on any atom is 0.226 e. The number of pyridine rings is 1. The lowest BCUT2D eigenvalue weighted by molar-refractivity contribution is -0.116. The smallest absolute Gasteiger partial charge is 0.226 e. The molecule has 37 heavy (non-hydrogen) atoms. The molecule has 2 atom stereocenters. The zero-order chi connectivity index (χ0) is 25.9. The van der Waals surface area contributed by atoms with Crippen LogP contribution in [0.2, 0.25) is 0 Å². The van der Waals surface area contributed by atoms with Crippen LogP contribution in [-0.2, 0) is 4.79 Å². The van der Waals surface area contributed by atoms with Gasteiger partial charge < -0.3 is 20.1 Å². The number of nitrogens with one attached hydrogen (secondary N) is 2. The largest absolute Gasteiger partial charge is 0.352 e. The number of anilines is 1. The second-order valence-electron chi connectivity index (χ2n) is 10.1. The molecule has 2 fully saturated rings. The first-order valence-electron chi connectivity index (χ1n) is 13.1.